The lowest BCUT2D eigenvalue weighted by Crippen LogP contribution is -1.92. The van der Waals surface area contributed by atoms with Crippen molar-refractivity contribution in [2.75, 3.05) is 12.8 Å². The van der Waals surface area contributed by atoms with Gasteiger partial charge in [-0.25, -0.2) is 4.98 Å². The van der Waals surface area contributed by atoms with Crippen LogP contribution in [0.25, 0.3) is 11.3 Å². The van der Waals surface area contributed by atoms with Gasteiger partial charge in [0.05, 0.1) is 12.8 Å². The highest BCUT2D eigenvalue weighted by Crippen LogP contribution is 2.24. The minimum absolute atomic E-state index is 0.532. The van der Waals surface area contributed by atoms with Gasteiger partial charge in [-0.2, -0.15) is 0 Å². The van der Waals surface area contributed by atoms with E-state index < -0.39 is 0 Å². The first-order valence-corrected chi connectivity index (χ1v) is 6.79. The lowest BCUT2D eigenvalue weighted by atomic mass is 10.1. The van der Waals surface area contributed by atoms with Crippen LogP contribution in [0.2, 0.25) is 0 Å². The summed E-state index contributed by atoms with van der Waals surface area (Å²) >= 11 is 0. The summed E-state index contributed by atoms with van der Waals surface area (Å²) in [6, 6.07) is 17.9. The standard InChI is InChI=1S/C17H17N3O/c1-21-14-9-7-12(8-10-14)11-15-19-16(17(18)20-15)13-5-3-2-4-6-13/h2-10H,11,18H2,1H3,(H,19,20). The predicted octanol–water partition coefficient (Wildman–Crippen LogP) is 3.26. The zero-order valence-corrected chi connectivity index (χ0v) is 11.8. The molecule has 3 aromatic rings. The van der Waals surface area contributed by atoms with Gasteiger partial charge < -0.3 is 15.5 Å². The molecule has 0 bridgehead atoms. The minimum Gasteiger partial charge on any atom is -0.497 e. The van der Waals surface area contributed by atoms with Crippen LogP contribution < -0.4 is 10.5 Å². The fourth-order valence-corrected chi connectivity index (χ4v) is 2.28. The van der Waals surface area contributed by atoms with Crippen molar-refractivity contribution in [3.63, 3.8) is 0 Å². The van der Waals surface area contributed by atoms with Gasteiger partial charge >= 0.3 is 0 Å². The number of rotatable bonds is 4. The van der Waals surface area contributed by atoms with E-state index in [4.69, 9.17) is 10.5 Å². The number of hydrogen-bond donors (Lipinski definition) is 2. The molecule has 0 radical (unpaired) electrons. The van der Waals surface area contributed by atoms with Gasteiger partial charge in [-0.1, -0.05) is 42.5 Å². The van der Waals surface area contributed by atoms with Gasteiger partial charge in [-0.05, 0) is 17.7 Å². The third kappa shape index (κ3) is 2.89. The van der Waals surface area contributed by atoms with E-state index in [0.29, 0.717) is 12.2 Å². The van der Waals surface area contributed by atoms with Crippen LogP contribution in [0.3, 0.4) is 0 Å². The van der Waals surface area contributed by atoms with Crippen molar-refractivity contribution in [1.29, 1.82) is 0 Å². The molecule has 1 heterocycles. The Hall–Kier alpha value is -2.75. The Bertz CT molecular complexity index is 718. The smallest absolute Gasteiger partial charge is 0.149 e. The number of nitrogens with two attached hydrogens (primary N) is 1. The molecule has 0 unspecified atom stereocenters. The topological polar surface area (TPSA) is 63.9 Å². The molecule has 0 aliphatic heterocycles. The molecule has 0 aliphatic rings. The highest BCUT2D eigenvalue weighted by Gasteiger charge is 2.09. The maximum Gasteiger partial charge on any atom is 0.149 e. The van der Waals surface area contributed by atoms with Gasteiger partial charge in [0.25, 0.3) is 0 Å². The van der Waals surface area contributed by atoms with Crippen LogP contribution in [0.1, 0.15) is 11.4 Å². The van der Waals surface area contributed by atoms with E-state index in [1.165, 1.54) is 0 Å². The van der Waals surface area contributed by atoms with Gasteiger partial charge in [-0.3, -0.25) is 0 Å². The second-order valence-electron chi connectivity index (χ2n) is 4.83. The number of hydrogen-bond acceptors (Lipinski definition) is 3. The lowest BCUT2D eigenvalue weighted by Gasteiger charge is -2.01. The van der Waals surface area contributed by atoms with Crippen LogP contribution in [0.15, 0.2) is 54.6 Å². The molecule has 3 rings (SSSR count). The molecule has 106 valence electrons. The molecule has 2 aromatic carbocycles. The Morgan fingerprint density at radius 2 is 1.76 bits per heavy atom. The second-order valence-corrected chi connectivity index (χ2v) is 4.83. The number of nitrogen functional groups attached to an aromatic ring is 1. The van der Waals surface area contributed by atoms with Crippen LogP contribution in [0.5, 0.6) is 5.75 Å². The van der Waals surface area contributed by atoms with Gasteiger partial charge in [0.15, 0.2) is 0 Å². The Morgan fingerprint density at radius 3 is 2.43 bits per heavy atom. The monoisotopic (exact) mass is 279 g/mol. The van der Waals surface area contributed by atoms with Gasteiger partial charge in [0.1, 0.15) is 17.4 Å². The largest absolute Gasteiger partial charge is 0.497 e. The molecule has 21 heavy (non-hydrogen) atoms. The van der Waals surface area contributed by atoms with Crippen molar-refractivity contribution >= 4 is 5.82 Å². The summed E-state index contributed by atoms with van der Waals surface area (Å²) in [5, 5.41) is 0. The predicted molar refractivity (Wildman–Crippen MR) is 84.2 cm³/mol. The number of nitrogens with zero attached hydrogens (tertiary/aromatic N) is 1. The zero-order chi connectivity index (χ0) is 14.7. The van der Waals surface area contributed by atoms with Crippen molar-refractivity contribution in [2.24, 2.45) is 0 Å². The van der Waals surface area contributed by atoms with E-state index in [1.54, 1.807) is 7.11 Å². The second kappa shape index (κ2) is 5.71. The number of aromatic amines is 1. The van der Waals surface area contributed by atoms with Crippen LogP contribution >= 0.6 is 0 Å². The highest BCUT2D eigenvalue weighted by atomic mass is 16.5. The third-order valence-electron chi connectivity index (χ3n) is 3.37. The van der Waals surface area contributed by atoms with Crippen molar-refractivity contribution in [3.8, 4) is 17.0 Å². The first-order valence-electron chi connectivity index (χ1n) is 6.79. The van der Waals surface area contributed by atoms with E-state index in [1.807, 2.05) is 54.6 Å². The molecular weight excluding hydrogens is 262 g/mol. The number of imidazole rings is 1. The SMILES string of the molecule is COc1ccc(Cc2nc(N)c(-c3ccccc3)[nH]2)cc1. The average molecular weight is 279 g/mol. The normalized spacial score (nSPS) is 10.5. The Kier molecular flexibility index (Phi) is 3.60. The number of methoxy groups -OCH3 is 1. The molecule has 0 atom stereocenters. The molecule has 1 aromatic heterocycles. The van der Waals surface area contributed by atoms with E-state index >= 15 is 0 Å². The summed E-state index contributed by atoms with van der Waals surface area (Å²) in [6.45, 7) is 0. The highest BCUT2D eigenvalue weighted by molar-refractivity contribution is 5.70. The lowest BCUT2D eigenvalue weighted by molar-refractivity contribution is 0.414. The van der Waals surface area contributed by atoms with Gasteiger partial charge in [0, 0.05) is 12.0 Å². The number of H-pyrrole nitrogens is 1. The van der Waals surface area contributed by atoms with Crippen molar-refractivity contribution in [2.45, 2.75) is 6.42 Å². The van der Waals surface area contributed by atoms with E-state index in [9.17, 15) is 0 Å². The van der Waals surface area contributed by atoms with Crippen LogP contribution in [0.4, 0.5) is 5.82 Å². The Balaban J connectivity index is 1.83. The summed E-state index contributed by atoms with van der Waals surface area (Å²) < 4.78 is 5.16. The van der Waals surface area contributed by atoms with Crippen LogP contribution in [-0.2, 0) is 6.42 Å². The van der Waals surface area contributed by atoms with E-state index in [0.717, 1.165) is 28.4 Å². The average Bonchev–Trinajstić information content (AvgIpc) is 2.89. The molecular formula is C17H17N3O. The van der Waals surface area contributed by atoms with Crippen molar-refractivity contribution in [3.05, 3.63) is 66.0 Å². The molecule has 0 amide bonds. The van der Waals surface area contributed by atoms with Crippen molar-refractivity contribution < 1.29 is 4.74 Å². The number of anilines is 1. The fourth-order valence-electron chi connectivity index (χ4n) is 2.28. The minimum atomic E-state index is 0.532. The van der Waals surface area contributed by atoms with Crippen LogP contribution in [-0.4, -0.2) is 17.1 Å². The van der Waals surface area contributed by atoms with E-state index in [-0.39, 0.29) is 0 Å². The summed E-state index contributed by atoms with van der Waals surface area (Å²) in [6.07, 6.45) is 0.709. The first kappa shape index (κ1) is 13.2. The summed E-state index contributed by atoms with van der Waals surface area (Å²) in [7, 11) is 1.66. The summed E-state index contributed by atoms with van der Waals surface area (Å²) in [4.78, 5) is 7.72. The third-order valence-corrected chi connectivity index (χ3v) is 3.37. The summed E-state index contributed by atoms with van der Waals surface area (Å²) in [5.74, 6) is 2.24. The quantitative estimate of drug-likeness (QED) is 0.770. The maximum absolute atomic E-state index is 6.01. The Morgan fingerprint density at radius 1 is 1.05 bits per heavy atom. The van der Waals surface area contributed by atoms with Crippen LogP contribution in [0, 0.1) is 0 Å². The maximum atomic E-state index is 6.01. The van der Waals surface area contributed by atoms with Gasteiger partial charge in [0.2, 0.25) is 0 Å². The molecule has 4 heteroatoms. The Labute approximate surface area is 123 Å². The van der Waals surface area contributed by atoms with Crippen molar-refractivity contribution in [1.82, 2.24) is 9.97 Å². The molecule has 0 spiro atoms. The van der Waals surface area contributed by atoms with Gasteiger partial charge in [-0.15, -0.1) is 0 Å². The molecule has 4 nitrogen and oxygen atoms in total. The zero-order valence-electron chi connectivity index (χ0n) is 11.8. The molecule has 0 saturated carbocycles. The number of aromatic nitrogens is 2. The molecule has 0 aliphatic carbocycles. The van der Waals surface area contributed by atoms with E-state index in [2.05, 4.69) is 9.97 Å². The number of benzene rings is 2. The molecule has 0 fully saturated rings. The summed E-state index contributed by atoms with van der Waals surface area (Å²) in [5.41, 5.74) is 9.09. The molecule has 3 N–H and O–H groups in total. The first-order chi connectivity index (χ1) is 10.3. The number of nitrogens with one attached hydrogen (secondary N) is 1. The fraction of sp³-hybridized carbons (Fsp3) is 0.118. The molecule has 0 saturated heterocycles. The number of ether oxygens (including phenoxy) is 1.